The number of aryl methyl sites for hydroxylation is 1. The zero-order valence-electron chi connectivity index (χ0n) is 10.9. The summed E-state index contributed by atoms with van der Waals surface area (Å²) in [5.41, 5.74) is 6.42. The molecular weight excluding hydrogens is 344 g/mol. The SMILES string of the molecule is NCCCc1cn(CCOc2ccc(Cl)cc2Br)nn1. The van der Waals surface area contributed by atoms with E-state index in [9.17, 15) is 0 Å². The van der Waals surface area contributed by atoms with E-state index in [1.807, 2.05) is 12.3 Å². The Morgan fingerprint density at radius 2 is 2.25 bits per heavy atom. The lowest BCUT2D eigenvalue weighted by Gasteiger charge is -2.08. The molecular formula is C13H16BrClN4O. The molecule has 0 fully saturated rings. The first-order chi connectivity index (χ1) is 9.69. The number of halogens is 2. The first-order valence-corrected chi connectivity index (χ1v) is 7.53. The molecule has 0 amide bonds. The lowest BCUT2D eigenvalue weighted by atomic mass is 10.2. The first kappa shape index (κ1) is 15.3. The molecule has 2 aromatic rings. The molecule has 0 radical (unpaired) electrons. The highest BCUT2D eigenvalue weighted by atomic mass is 79.9. The van der Waals surface area contributed by atoms with Crippen molar-refractivity contribution in [3.05, 3.63) is 39.6 Å². The van der Waals surface area contributed by atoms with Crippen molar-refractivity contribution in [3.63, 3.8) is 0 Å². The second-order valence-corrected chi connectivity index (χ2v) is 5.58. The summed E-state index contributed by atoms with van der Waals surface area (Å²) >= 11 is 9.28. The molecule has 2 rings (SSSR count). The monoisotopic (exact) mass is 358 g/mol. The predicted molar refractivity (Wildman–Crippen MR) is 82.0 cm³/mol. The van der Waals surface area contributed by atoms with Gasteiger partial charge in [0.1, 0.15) is 12.4 Å². The van der Waals surface area contributed by atoms with Crippen LogP contribution < -0.4 is 10.5 Å². The molecule has 0 aliphatic rings. The number of nitrogens with zero attached hydrogens (tertiary/aromatic N) is 3. The molecule has 1 heterocycles. The smallest absolute Gasteiger partial charge is 0.133 e. The van der Waals surface area contributed by atoms with Crippen LogP contribution in [0.5, 0.6) is 5.75 Å². The van der Waals surface area contributed by atoms with Gasteiger partial charge in [0.05, 0.1) is 16.7 Å². The van der Waals surface area contributed by atoms with Gasteiger partial charge in [-0.2, -0.15) is 0 Å². The van der Waals surface area contributed by atoms with Crippen molar-refractivity contribution in [1.29, 1.82) is 0 Å². The van der Waals surface area contributed by atoms with Gasteiger partial charge in [-0.15, -0.1) is 5.10 Å². The molecule has 1 aromatic heterocycles. The third-order valence-corrected chi connectivity index (χ3v) is 3.55. The van der Waals surface area contributed by atoms with Crippen LogP contribution >= 0.6 is 27.5 Å². The molecule has 0 saturated carbocycles. The average Bonchev–Trinajstić information content (AvgIpc) is 2.87. The maximum Gasteiger partial charge on any atom is 0.133 e. The van der Waals surface area contributed by atoms with Gasteiger partial charge in [0.2, 0.25) is 0 Å². The van der Waals surface area contributed by atoms with E-state index in [4.69, 9.17) is 22.1 Å². The van der Waals surface area contributed by atoms with Gasteiger partial charge < -0.3 is 10.5 Å². The Hall–Kier alpha value is -1.11. The van der Waals surface area contributed by atoms with Gasteiger partial charge in [0.15, 0.2) is 0 Å². The molecule has 1 aromatic carbocycles. The summed E-state index contributed by atoms with van der Waals surface area (Å²) in [5, 5.41) is 8.80. The molecule has 5 nitrogen and oxygen atoms in total. The minimum absolute atomic E-state index is 0.514. The fourth-order valence-electron chi connectivity index (χ4n) is 1.69. The highest BCUT2D eigenvalue weighted by Crippen LogP contribution is 2.27. The second kappa shape index (κ2) is 7.61. The van der Waals surface area contributed by atoms with Crippen molar-refractivity contribution in [3.8, 4) is 5.75 Å². The zero-order valence-corrected chi connectivity index (χ0v) is 13.3. The molecule has 0 bridgehead atoms. The molecule has 0 atom stereocenters. The van der Waals surface area contributed by atoms with Gasteiger partial charge in [-0.05, 0) is 53.5 Å². The summed E-state index contributed by atoms with van der Waals surface area (Å²) in [4.78, 5) is 0. The third-order valence-electron chi connectivity index (χ3n) is 2.70. The molecule has 7 heteroatoms. The van der Waals surface area contributed by atoms with Crippen LogP contribution in [0.4, 0.5) is 0 Å². The Bertz CT molecular complexity index is 561. The first-order valence-electron chi connectivity index (χ1n) is 6.36. The van der Waals surface area contributed by atoms with Crippen molar-refractivity contribution in [2.24, 2.45) is 5.73 Å². The van der Waals surface area contributed by atoms with Crippen LogP contribution in [0.3, 0.4) is 0 Å². The molecule has 2 N–H and O–H groups in total. The van der Waals surface area contributed by atoms with E-state index in [-0.39, 0.29) is 0 Å². The van der Waals surface area contributed by atoms with Crippen molar-refractivity contribution in [2.75, 3.05) is 13.2 Å². The van der Waals surface area contributed by atoms with Crippen molar-refractivity contribution < 1.29 is 4.74 Å². The summed E-state index contributed by atoms with van der Waals surface area (Å²) in [5.74, 6) is 0.762. The molecule has 20 heavy (non-hydrogen) atoms. The number of benzene rings is 1. The van der Waals surface area contributed by atoms with E-state index < -0.39 is 0 Å². The normalized spacial score (nSPS) is 10.8. The van der Waals surface area contributed by atoms with Crippen LogP contribution in [0.2, 0.25) is 5.02 Å². The summed E-state index contributed by atoms with van der Waals surface area (Å²) in [6.45, 7) is 1.82. The molecule has 0 unspecified atom stereocenters. The zero-order chi connectivity index (χ0) is 14.4. The van der Waals surface area contributed by atoms with Gasteiger partial charge in [0.25, 0.3) is 0 Å². The Kier molecular flexibility index (Phi) is 5.82. The Labute approximate surface area is 131 Å². The number of rotatable bonds is 7. The van der Waals surface area contributed by atoms with E-state index in [1.165, 1.54) is 0 Å². The second-order valence-electron chi connectivity index (χ2n) is 4.29. The molecule has 0 aliphatic carbocycles. The van der Waals surface area contributed by atoms with Gasteiger partial charge in [-0.3, -0.25) is 0 Å². The standard InChI is InChI=1S/C13H16BrClN4O/c14-12-8-10(15)3-4-13(12)20-7-6-19-9-11(17-18-19)2-1-5-16/h3-4,8-9H,1-2,5-7,16H2. The molecule has 0 aliphatic heterocycles. The highest BCUT2D eigenvalue weighted by molar-refractivity contribution is 9.10. The molecule has 0 saturated heterocycles. The number of aromatic nitrogens is 3. The number of hydrogen-bond donors (Lipinski definition) is 1. The number of ether oxygens (including phenoxy) is 1. The van der Waals surface area contributed by atoms with Gasteiger partial charge in [0, 0.05) is 11.2 Å². The van der Waals surface area contributed by atoms with Gasteiger partial charge in [-0.1, -0.05) is 16.8 Å². The molecule has 0 spiro atoms. The summed E-state index contributed by atoms with van der Waals surface area (Å²) < 4.78 is 8.29. The van der Waals surface area contributed by atoms with Crippen LogP contribution in [0, 0.1) is 0 Å². The van der Waals surface area contributed by atoms with Crippen molar-refractivity contribution in [1.82, 2.24) is 15.0 Å². The van der Waals surface area contributed by atoms with Crippen LogP contribution in [0.1, 0.15) is 12.1 Å². The van der Waals surface area contributed by atoms with Crippen LogP contribution in [-0.2, 0) is 13.0 Å². The quantitative estimate of drug-likeness (QED) is 0.825. The van der Waals surface area contributed by atoms with E-state index in [1.54, 1.807) is 16.8 Å². The Balaban J connectivity index is 1.82. The van der Waals surface area contributed by atoms with Crippen LogP contribution in [0.25, 0.3) is 0 Å². The lowest BCUT2D eigenvalue weighted by Crippen LogP contribution is -2.09. The van der Waals surface area contributed by atoms with E-state index in [2.05, 4.69) is 26.2 Å². The van der Waals surface area contributed by atoms with Crippen LogP contribution in [0.15, 0.2) is 28.9 Å². The minimum atomic E-state index is 0.514. The van der Waals surface area contributed by atoms with E-state index >= 15 is 0 Å². The van der Waals surface area contributed by atoms with Gasteiger partial charge >= 0.3 is 0 Å². The fraction of sp³-hybridized carbons (Fsp3) is 0.385. The van der Waals surface area contributed by atoms with Crippen molar-refractivity contribution >= 4 is 27.5 Å². The largest absolute Gasteiger partial charge is 0.490 e. The van der Waals surface area contributed by atoms with E-state index in [0.29, 0.717) is 24.7 Å². The molecule has 108 valence electrons. The predicted octanol–water partition coefficient (Wildman–Crippen LogP) is 2.66. The Morgan fingerprint density at radius 1 is 1.40 bits per heavy atom. The topological polar surface area (TPSA) is 66.0 Å². The van der Waals surface area contributed by atoms with E-state index in [0.717, 1.165) is 28.8 Å². The lowest BCUT2D eigenvalue weighted by molar-refractivity contribution is 0.288. The van der Waals surface area contributed by atoms with Crippen molar-refractivity contribution in [2.45, 2.75) is 19.4 Å². The number of hydrogen-bond acceptors (Lipinski definition) is 4. The fourth-order valence-corrected chi connectivity index (χ4v) is 2.48. The third kappa shape index (κ3) is 4.47. The summed E-state index contributed by atoms with van der Waals surface area (Å²) in [7, 11) is 0. The maximum atomic E-state index is 5.87. The highest BCUT2D eigenvalue weighted by Gasteiger charge is 2.03. The summed E-state index contributed by atoms with van der Waals surface area (Å²) in [6, 6.07) is 5.43. The summed E-state index contributed by atoms with van der Waals surface area (Å²) in [6.07, 6.45) is 3.71. The Morgan fingerprint density at radius 3 is 3.00 bits per heavy atom. The van der Waals surface area contributed by atoms with Gasteiger partial charge in [-0.25, -0.2) is 4.68 Å². The van der Waals surface area contributed by atoms with Crippen LogP contribution in [-0.4, -0.2) is 28.1 Å². The average molecular weight is 360 g/mol. The number of nitrogens with two attached hydrogens (primary N) is 1. The maximum absolute atomic E-state index is 5.87. The minimum Gasteiger partial charge on any atom is -0.490 e.